The number of hydrogen-bond acceptors (Lipinski definition) is 3. The molecule has 0 radical (unpaired) electrons. The van der Waals surface area contributed by atoms with Crippen LogP contribution in [0.25, 0.3) is 0 Å². The fraction of sp³-hybridized carbons (Fsp3) is 0.833. The Balaban J connectivity index is 2.23. The normalized spacial score (nSPS) is 16.4. The molecule has 0 aromatic rings. The zero-order valence-corrected chi connectivity index (χ0v) is 10.4. The van der Waals surface area contributed by atoms with Crippen molar-refractivity contribution in [2.45, 2.75) is 45.1 Å². The first kappa shape index (κ1) is 14.0. The summed E-state index contributed by atoms with van der Waals surface area (Å²) in [6, 6.07) is 0.334. The largest absolute Gasteiger partial charge is 0.481 e. The zero-order valence-electron chi connectivity index (χ0n) is 10.4. The highest BCUT2D eigenvalue weighted by atomic mass is 16.4. The number of nitrogens with zero attached hydrogens (tertiary/aromatic N) is 1. The number of carbonyl (C=O) groups excluding carboxylic acids is 1. The van der Waals surface area contributed by atoms with E-state index in [2.05, 4.69) is 5.32 Å². The molecule has 5 nitrogen and oxygen atoms in total. The van der Waals surface area contributed by atoms with E-state index in [-0.39, 0.29) is 12.3 Å². The highest BCUT2D eigenvalue weighted by molar-refractivity contribution is 5.78. The Bertz CT molecular complexity index is 262. The van der Waals surface area contributed by atoms with E-state index in [0.29, 0.717) is 25.7 Å². The Morgan fingerprint density at radius 1 is 1.35 bits per heavy atom. The summed E-state index contributed by atoms with van der Waals surface area (Å²) in [4.78, 5) is 24.0. The number of amides is 1. The first-order valence-corrected chi connectivity index (χ1v) is 6.35. The van der Waals surface area contributed by atoms with E-state index in [4.69, 9.17) is 5.11 Å². The number of rotatable bonds is 7. The van der Waals surface area contributed by atoms with Gasteiger partial charge in [-0.15, -0.1) is 0 Å². The average Bonchev–Trinajstić information content (AvgIpc) is 2.76. The molecule has 0 saturated heterocycles. The summed E-state index contributed by atoms with van der Waals surface area (Å²) in [6.45, 7) is 3.38. The predicted octanol–water partition coefficient (Wildman–Crippen LogP) is 0.842. The van der Waals surface area contributed by atoms with Gasteiger partial charge in [-0.2, -0.15) is 0 Å². The summed E-state index contributed by atoms with van der Waals surface area (Å²) >= 11 is 0. The van der Waals surface area contributed by atoms with Crippen molar-refractivity contribution in [1.29, 1.82) is 0 Å². The molecule has 2 N–H and O–H groups in total. The molecule has 1 saturated carbocycles. The van der Waals surface area contributed by atoms with E-state index in [0.717, 1.165) is 12.8 Å². The summed E-state index contributed by atoms with van der Waals surface area (Å²) in [6.07, 6.45) is 4.63. The lowest BCUT2D eigenvalue weighted by Gasteiger charge is -2.20. The van der Waals surface area contributed by atoms with Gasteiger partial charge in [0.25, 0.3) is 0 Å². The summed E-state index contributed by atoms with van der Waals surface area (Å²) in [5.41, 5.74) is 0. The van der Waals surface area contributed by atoms with Crippen molar-refractivity contribution in [2.24, 2.45) is 0 Å². The molecule has 0 heterocycles. The van der Waals surface area contributed by atoms with Gasteiger partial charge in [-0.3, -0.25) is 14.5 Å². The van der Waals surface area contributed by atoms with Gasteiger partial charge in [0, 0.05) is 12.6 Å². The molecule has 1 aliphatic carbocycles. The molecular formula is C12H22N2O3. The second-order valence-corrected chi connectivity index (χ2v) is 4.56. The number of carboxylic acid groups (broad SMARTS) is 1. The van der Waals surface area contributed by atoms with Crippen LogP contribution >= 0.6 is 0 Å². The lowest BCUT2D eigenvalue weighted by molar-refractivity contribution is -0.137. The number of nitrogens with one attached hydrogen (secondary N) is 1. The van der Waals surface area contributed by atoms with Crippen LogP contribution in [0.2, 0.25) is 0 Å². The first-order chi connectivity index (χ1) is 8.11. The second-order valence-electron chi connectivity index (χ2n) is 4.56. The van der Waals surface area contributed by atoms with Crippen molar-refractivity contribution < 1.29 is 14.7 Å². The van der Waals surface area contributed by atoms with E-state index in [9.17, 15) is 9.59 Å². The molecule has 0 aromatic carbocycles. The number of carboxylic acids is 1. The SMILES string of the molecule is CCN(CCC(=O)O)CC(=O)NC1CCCC1. The third-order valence-electron chi connectivity index (χ3n) is 3.18. The van der Waals surface area contributed by atoms with Crippen molar-refractivity contribution in [3.63, 3.8) is 0 Å². The number of likely N-dealkylation sites (N-methyl/N-ethyl adjacent to an activating group) is 1. The van der Waals surface area contributed by atoms with Crippen molar-refractivity contribution in [1.82, 2.24) is 10.2 Å². The number of carbonyl (C=O) groups is 2. The molecule has 0 atom stereocenters. The van der Waals surface area contributed by atoms with Crippen LogP contribution in [0.1, 0.15) is 39.0 Å². The fourth-order valence-electron chi connectivity index (χ4n) is 2.15. The molecule has 5 heteroatoms. The monoisotopic (exact) mass is 242 g/mol. The molecule has 0 aliphatic heterocycles. The Morgan fingerprint density at radius 2 is 2.00 bits per heavy atom. The zero-order chi connectivity index (χ0) is 12.7. The van der Waals surface area contributed by atoms with Gasteiger partial charge < -0.3 is 10.4 Å². The minimum Gasteiger partial charge on any atom is -0.481 e. The van der Waals surface area contributed by atoms with E-state index in [1.807, 2.05) is 11.8 Å². The summed E-state index contributed by atoms with van der Waals surface area (Å²) in [5.74, 6) is -0.802. The van der Waals surface area contributed by atoms with Crippen molar-refractivity contribution in [3.8, 4) is 0 Å². The first-order valence-electron chi connectivity index (χ1n) is 6.35. The molecule has 0 spiro atoms. The second kappa shape index (κ2) is 7.27. The maximum Gasteiger partial charge on any atom is 0.304 e. The van der Waals surface area contributed by atoms with Crippen molar-refractivity contribution >= 4 is 11.9 Å². The van der Waals surface area contributed by atoms with Crippen LogP contribution in [-0.2, 0) is 9.59 Å². The van der Waals surface area contributed by atoms with Crippen LogP contribution in [0, 0.1) is 0 Å². The van der Waals surface area contributed by atoms with Crippen molar-refractivity contribution in [3.05, 3.63) is 0 Å². The standard InChI is InChI=1S/C12H22N2O3/c1-2-14(8-7-12(16)17)9-11(15)13-10-5-3-4-6-10/h10H,2-9H2,1H3,(H,13,15)(H,16,17). The number of hydrogen-bond donors (Lipinski definition) is 2. The third kappa shape index (κ3) is 5.68. The topological polar surface area (TPSA) is 69.6 Å². The highest BCUT2D eigenvalue weighted by Crippen LogP contribution is 2.17. The van der Waals surface area contributed by atoms with Gasteiger partial charge in [0.15, 0.2) is 0 Å². The Hall–Kier alpha value is -1.10. The lowest BCUT2D eigenvalue weighted by Crippen LogP contribution is -2.41. The predicted molar refractivity (Wildman–Crippen MR) is 64.8 cm³/mol. The van der Waals surface area contributed by atoms with Crippen LogP contribution in [-0.4, -0.2) is 47.6 Å². The molecular weight excluding hydrogens is 220 g/mol. The van der Waals surface area contributed by atoms with Crippen LogP contribution in [0.15, 0.2) is 0 Å². The van der Waals surface area contributed by atoms with E-state index < -0.39 is 5.97 Å². The van der Waals surface area contributed by atoms with Gasteiger partial charge in [-0.1, -0.05) is 19.8 Å². The molecule has 0 aromatic heterocycles. The maximum absolute atomic E-state index is 11.7. The maximum atomic E-state index is 11.7. The van der Waals surface area contributed by atoms with Crippen LogP contribution in [0.5, 0.6) is 0 Å². The van der Waals surface area contributed by atoms with Gasteiger partial charge >= 0.3 is 5.97 Å². The molecule has 1 fully saturated rings. The molecule has 1 aliphatic rings. The van der Waals surface area contributed by atoms with Gasteiger partial charge in [0.1, 0.15) is 0 Å². The van der Waals surface area contributed by atoms with E-state index in [1.165, 1.54) is 12.8 Å². The summed E-state index contributed by atoms with van der Waals surface area (Å²) in [5, 5.41) is 11.6. The molecule has 0 bridgehead atoms. The average molecular weight is 242 g/mol. The van der Waals surface area contributed by atoms with E-state index >= 15 is 0 Å². The van der Waals surface area contributed by atoms with Crippen molar-refractivity contribution in [2.75, 3.05) is 19.6 Å². The van der Waals surface area contributed by atoms with Crippen LogP contribution in [0.3, 0.4) is 0 Å². The quantitative estimate of drug-likeness (QED) is 0.694. The summed E-state index contributed by atoms with van der Waals surface area (Å²) in [7, 11) is 0. The Labute approximate surface area is 102 Å². The minimum atomic E-state index is -0.820. The molecule has 98 valence electrons. The van der Waals surface area contributed by atoms with Gasteiger partial charge in [0.2, 0.25) is 5.91 Å². The smallest absolute Gasteiger partial charge is 0.304 e. The van der Waals surface area contributed by atoms with Gasteiger partial charge in [-0.25, -0.2) is 0 Å². The van der Waals surface area contributed by atoms with Gasteiger partial charge in [-0.05, 0) is 19.4 Å². The fourth-order valence-corrected chi connectivity index (χ4v) is 2.15. The Morgan fingerprint density at radius 3 is 2.53 bits per heavy atom. The Kier molecular flexibility index (Phi) is 5.97. The van der Waals surface area contributed by atoms with E-state index in [1.54, 1.807) is 0 Å². The summed E-state index contributed by atoms with van der Waals surface area (Å²) < 4.78 is 0. The minimum absolute atomic E-state index is 0.0177. The molecule has 0 unspecified atom stereocenters. The highest BCUT2D eigenvalue weighted by Gasteiger charge is 2.18. The van der Waals surface area contributed by atoms with Crippen LogP contribution < -0.4 is 5.32 Å². The molecule has 1 amide bonds. The third-order valence-corrected chi connectivity index (χ3v) is 3.18. The van der Waals surface area contributed by atoms with Crippen LogP contribution in [0.4, 0.5) is 0 Å². The van der Waals surface area contributed by atoms with Gasteiger partial charge in [0.05, 0.1) is 13.0 Å². The molecule has 17 heavy (non-hydrogen) atoms. The lowest BCUT2D eigenvalue weighted by atomic mass is 10.2. The molecule has 1 rings (SSSR count). The number of aliphatic carboxylic acids is 1.